The van der Waals surface area contributed by atoms with Crippen molar-refractivity contribution in [3.8, 4) is 0 Å². The van der Waals surface area contributed by atoms with Crippen molar-refractivity contribution in [3.63, 3.8) is 0 Å². The Morgan fingerprint density at radius 3 is 2.32 bits per heavy atom. The van der Waals surface area contributed by atoms with E-state index in [0.29, 0.717) is 37.4 Å². The summed E-state index contributed by atoms with van der Waals surface area (Å²) >= 11 is 0. The van der Waals surface area contributed by atoms with Gasteiger partial charge in [0.2, 0.25) is 15.9 Å². The largest absolute Gasteiger partial charge is 0.369 e. The lowest BCUT2D eigenvalue weighted by atomic mass is 9.97. The van der Waals surface area contributed by atoms with Crippen LogP contribution in [0.2, 0.25) is 0 Å². The number of hydrogen-bond acceptors (Lipinski definition) is 7. The van der Waals surface area contributed by atoms with Crippen molar-refractivity contribution >= 4 is 27.3 Å². The van der Waals surface area contributed by atoms with Crippen molar-refractivity contribution in [1.82, 2.24) is 14.4 Å². The summed E-state index contributed by atoms with van der Waals surface area (Å²) < 4.78 is 32.5. The lowest BCUT2D eigenvalue weighted by molar-refractivity contribution is -0.120. The van der Waals surface area contributed by atoms with Crippen LogP contribution in [0.1, 0.15) is 36.8 Å². The Hall–Kier alpha value is -2.43. The van der Waals surface area contributed by atoms with E-state index in [1.165, 1.54) is 9.99 Å². The molecule has 0 radical (unpaired) electrons. The molecule has 2 aromatic rings. The Bertz CT molecular complexity index is 1110. The molecule has 4 rings (SSSR count). The number of carbonyl (C=O) groups is 1. The van der Waals surface area contributed by atoms with Gasteiger partial charge in [0.1, 0.15) is 10.6 Å². The third kappa shape index (κ3) is 4.99. The Morgan fingerprint density at radius 1 is 1.09 bits per heavy atom. The minimum atomic E-state index is -3.68. The average molecular weight is 490 g/mol. The van der Waals surface area contributed by atoms with Crippen LogP contribution in [0.5, 0.6) is 0 Å². The molecule has 186 valence electrons. The molecule has 0 unspecified atom stereocenters. The number of nitrogens with zero attached hydrogens (tertiary/aromatic N) is 4. The van der Waals surface area contributed by atoms with Crippen molar-refractivity contribution in [3.05, 3.63) is 35.2 Å². The third-order valence-corrected chi connectivity index (χ3v) is 9.16. The first-order valence-electron chi connectivity index (χ1n) is 12.0. The van der Waals surface area contributed by atoms with Gasteiger partial charge < -0.3 is 19.6 Å². The summed E-state index contributed by atoms with van der Waals surface area (Å²) in [6.07, 6.45) is 0.959. The molecular formula is C24H35N5O4S. The molecule has 3 heterocycles. The van der Waals surface area contributed by atoms with E-state index in [9.17, 15) is 13.2 Å². The number of aromatic nitrogens is 1. The lowest BCUT2D eigenvalue weighted by Crippen LogP contribution is -2.46. The normalized spacial score (nSPS) is 18.9. The minimum absolute atomic E-state index is 0.0573. The zero-order chi connectivity index (χ0) is 24.5. The van der Waals surface area contributed by atoms with Crippen LogP contribution >= 0.6 is 0 Å². The quantitative estimate of drug-likeness (QED) is 0.666. The SMILES string of the molecule is CCN1CCN(c2ccc(NC(=O)C3CCN(S(=O)(=O)c4c(C)noc4C)CC3)cc2C)CC1. The molecule has 1 N–H and O–H groups in total. The number of carbonyl (C=O) groups excluding carboxylic acids is 1. The Morgan fingerprint density at radius 2 is 1.76 bits per heavy atom. The molecule has 1 amide bonds. The van der Waals surface area contributed by atoms with E-state index in [4.69, 9.17) is 4.52 Å². The monoisotopic (exact) mass is 489 g/mol. The van der Waals surface area contributed by atoms with E-state index < -0.39 is 10.0 Å². The number of benzene rings is 1. The van der Waals surface area contributed by atoms with Crippen LogP contribution in [0.15, 0.2) is 27.6 Å². The lowest BCUT2D eigenvalue weighted by Gasteiger charge is -2.36. The van der Waals surface area contributed by atoms with Crippen LogP contribution in [-0.4, -0.2) is 74.5 Å². The molecule has 9 nitrogen and oxygen atoms in total. The molecular weight excluding hydrogens is 454 g/mol. The summed E-state index contributed by atoms with van der Waals surface area (Å²) in [5.41, 5.74) is 3.50. The maximum atomic E-state index is 13.0. The van der Waals surface area contributed by atoms with Crippen molar-refractivity contribution in [1.29, 1.82) is 0 Å². The summed E-state index contributed by atoms with van der Waals surface area (Å²) in [7, 11) is -3.68. The smallest absolute Gasteiger partial charge is 0.248 e. The van der Waals surface area contributed by atoms with Gasteiger partial charge in [-0.2, -0.15) is 4.31 Å². The summed E-state index contributed by atoms with van der Waals surface area (Å²) in [6, 6.07) is 6.07. The summed E-state index contributed by atoms with van der Waals surface area (Å²) in [4.78, 5) is 17.9. The molecule has 1 aromatic heterocycles. The maximum absolute atomic E-state index is 13.0. The Labute approximate surface area is 202 Å². The molecule has 0 atom stereocenters. The van der Waals surface area contributed by atoms with Crippen molar-refractivity contribution in [2.75, 3.05) is 56.0 Å². The van der Waals surface area contributed by atoms with Crippen molar-refractivity contribution in [2.45, 2.75) is 45.4 Å². The topological polar surface area (TPSA) is 99.0 Å². The number of anilines is 2. The first kappa shape index (κ1) is 24.7. The highest BCUT2D eigenvalue weighted by molar-refractivity contribution is 7.89. The average Bonchev–Trinajstić information content (AvgIpc) is 3.18. The van der Waals surface area contributed by atoms with Gasteiger partial charge in [0.25, 0.3) is 0 Å². The van der Waals surface area contributed by atoms with Gasteiger partial charge in [-0.3, -0.25) is 4.79 Å². The van der Waals surface area contributed by atoms with Gasteiger partial charge in [-0.1, -0.05) is 12.1 Å². The summed E-state index contributed by atoms with van der Waals surface area (Å²) in [5.74, 6) is 0.0137. The van der Waals surface area contributed by atoms with E-state index in [1.807, 2.05) is 12.1 Å². The number of hydrogen-bond donors (Lipinski definition) is 1. The molecule has 2 aliphatic rings. The number of rotatable bonds is 6. The van der Waals surface area contributed by atoms with Gasteiger partial charge in [-0.15, -0.1) is 0 Å². The van der Waals surface area contributed by atoms with E-state index in [0.717, 1.165) is 44.0 Å². The van der Waals surface area contributed by atoms with Gasteiger partial charge in [0.15, 0.2) is 5.76 Å². The zero-order valence-electron chi connectivity index (χ0n) is 20.5. The fraction of sp³-hybridized carbons (Fsp3) is 0.583. The molecule has 2 fully saturated rings. The number of likely N-dealkylation sites (N-methyl/N-ethyl adjacent to an activating group) is 1. The minimum Gasteiger partial charge on any atom is -0.369 e. The number of aryl methyl sites for hydroxylation is 3. The highest BCUT2D eigenvalue weighted by Crippen LogP contribution is 2.29. The zero-order valence-corrected chi connectivity index (χ0v) is 21.3. The number of piperazine rings is 1. The van der Waals surface area contributed by atoms with E-state index in [-0.39, 0.29) is 16.7 Å². The van der Waals surface area contributed by atoms with E-state index in [1.54, 1.807) is 13.8 Å². The predicted octanol–water partition coefficient (Wildman–Crippen LogP) is 2.78. The number of nitrogens with one attached hydrogen (secondary N) is 1. The predicted molar refractivity (Wildman–Crippen MR) is 132 cm³/mol. The highest BCUT2D eigenvalue weighted by atomic mass is 32.2. The molecule has 1 aromatic carbocycles. The van der Waals surface area contributed by atoms with E-state index >= 15 is 0 Å². The maximum Gasteiger partial charge on any atom is 0.248 e. The first-order valence-corrected chi connectivity index (χ1v) is 13.5. The number of piperidine rings is 1. The van der Waals surface area contributed by atoms with Crippen LogP contribution < -0.4 is 10.2 Å². The molecule has 2 aliphatic heterocycles. The molecule has 0 aliphatic carbocycles. The molecule has 34 heavy (non-hydrogen) atoms. The second-order valence-electron chi connectivity index (χ2n) is 9.24. The second kappa shape index (κ2) is 10.1. The van der Waals surface area contributed by atoms with Gasteiger partial charge in [0.05, 0.1) is 0 Å². The molecule has 0 bridgehead atoms. The van der Waals surface area contributed by atoms with Crippen LogP contribution in [-0.2, 0) is 14.8 Å². The van der Waals surface area contributed by atoms with Gasteiger partial charge in [0, 0.05) is 56.6 Å². The van der Waals surface area contributed by atoms with Gasteiger partial charge in [-0.05, 0) is 63.9 Å². The Balaban J connectivity index is 1.34. The molecule has 0 spiro atoms. The Kier molecular flexibility index (Phi) is 7.30. The summed E-state index contributed by atoms with van der Waals surface area (Å²) in [5, 5.41) is 6.81. The summed E-state index contributed by atoms with van der Waals surface area (Å²) in [6.45, 7) is 13.3. The number of sulfonamides is 1. The van der Waals surface area contributed by atoms with Crippen LogP contribution in [0, 0.1) is 26.7 Å². The van der Waals surface area contributed by atoms with Gasteiger partial charge >= 0.3 is 0 Å². The van der Waals surface area contributed by atoms with E-state index in [2.05, 4.69) is 40.2 Å². The molecule has 2 saturated heterocycles. The molecule has 0 saturated carbocycles. The first-order chi connectivity index (χ1) is 16.2. The standard InChI is InChI=1S/C24H35N5O4S/c1-5-27-12-14-28(15-13-27)22-7-6-21(16-17(22)2)25-24(30)20-8-10-29(11-9-20)34(31,32)23-18(3)26-33-19(23)4/h6-7,16,20H,5,8-15H2,1-4H3,(H,25,30). The fourth-order valence-electron chi connectivity index (χ4n) is 4.97. The van der Waals surface area contributed by atoms with Gasteiger partial charge in [-0.25, -0.2) is 8.42 Å². The van der Waals surface area contributed by atoms with Crippen molar-refractivity contribution in [2.24, 2.45) is 5.92 Å². The molecule has 10 heteroatoms. The fourth-order valence-corrected chi connectivity index (χ4v) is 6.73. The van der Waals surface area contributed by atoms with Crippen molar-refractivity contribution < 1.29 is 17.7 Å². The van der Waals surface area contributed by atoms with Crippen LogP contribution in [0.25, 0.3) is 0 Å². The van der Waals surface area contributed by atoms with Crippen LogP contribution in [0.3, 0.4) is 0 Å². The third-order valence-electron chi connectivity index (χ3n) is 7.01. The van der Waals surface area contributed by atoms with Crippen LogP contribution in [0.4, 0.5) is 11.4 Å². The number of amides is 1. The second-order valence-corrected chi connectivity index (χ2v) is 11.1. The highest BCUT2D eigenvalue weighted by Gasteiger charge is 2.35.